The normalized spacial score (nSPS) is 30.0. The maximum Gasteiger partial charge on any atom is 0.0459 e. The molecule has 72 valence electrons. The lowest BCUT2D eigenvalue weighted by Gasteiger charge is -2.11. The van der Waals surface area contributed by atoms with Gasteiger partial charge in [0, 0.05) is 6.61 Å². The molecule has 0 aromatic heterocycles. The van der Waals surface area contributed by atoms with Crippen molar-refractivity contribution in [1.82, 2.24) is 0 Å². The average Bonchev–Trinajstić information content (AvgIpc) is 2.48. The highest BCUT2D eigenvalue weighted by Crippen LogP contribution is 2.34. The van der Waals surface area contributed by atoms with E-state index in [1.165, 1.54) is 32.1 Å². The molecule has 1 aliphatic carbocycles. The van der Waals surface area contributed by atoms with E-state index in [1.807, 2.05) is 0 Å². The molecule has 1 nitrogen and oxygen atoms in total. The predicted octanol–water partition coefficient (Wildman–Crippen LogP) is 2.83. The molecule has 1 saturated carbocycles. The largest absolute Gasteiger partial charge is 0.396 e. The van der Waals surface area contributed by atoms with Crippen molar-refractivity contribution < 1.29 is 5.11 Å². The highest BCUT2D eigenvalue weighted by Gasteiger charge is 2.23. The predicted molar refractivity (Wildman–Crippen MR) is 52.0 cm³/mol. The fraction of sp³-hybridized carbons (Fsp3) is 1.00. The van der Waals surface area contributed by atoms with Crippen LogP contribution in [0, 0.1) is 17.8 Å². The van der Waals surface area contributed by atoms with Gasteiger partial charge in [0.2, 0.25) is 0 Å². The lowest BCUT2D eigenvalue weighted by atomic mass is 9.96. The zero-order valence-corrected chi connectivity index (χ0v) is 8.42. The van der Waals surface area contributed by atoms with Crippen LogP contribution < -0.4 is 0 Å². The molecular formula is C11H22O. The van der Waals surface area contributed by atoms with Crippen LogP contribution in [0.25, 0.3) is 0 Å². The quantitative estimate of drug-likeness (QED) is 0.688. The Balaban J connectivity index is 2.11. The fourth-order valence-corrected chi connectivity index (χ4v) is 2.18. The zero-order chi connectivity index (χ0) is 8.97. The monoisotopic (exact) mass is 170 g/mol. The molecule has 0 heterocycles. The summed E-state index contributed by atoms with van der Waals surface area (Å²) in [4.78, 5) is 0. The van der Waals surface area contributed by atoms with E-state index >= 15 is 0 Å². The highest BCUT2D eigenvalue weighted by atomic mass is 16.3. The summed E-state index contributed by atoms with van der Waals surface area (Å²) in [7, 11) is 0. The number of hydrogen-bond acceptors (Lipinski definition) is 1. The molecule has 2 atom stereocenters. The van der Waals surface area contributed by atoms with Gasteiger partial charge in [0.15, 0.2) is 0 Å². The van der Waals surface area contributed by atoms with Crippen LogP contribution in [0.1, 0.15) is 46.0 Å². The van der Waals surface area contributed by atoms with Gasteiger partial charge in [0.25, 0.3) is 0 Å². The summed E-state index contributed by atoms with van der Waals surface area (Å²) in [5.74, 6) is 2.39. The Morgan fingerprint density at radius 1 is 1.25 bits per heavy atom. The summed E-state index contributed by atoms with van der Waals surface area (Å²) in [5, 5.41) is 8.96. The van der Waals surface area contributed by atoms with Crippen LogP contribution in [0.3, 0.4) is 0 Å². The average molecular weight is 170 g/mol. The first-order chi connectivity index (χ1) is 5.72. The SMILES string of the molecule is CC(C)CCC1CCC(CO)C1. The Kier molecular flexibility index (Phi) is 4.07. The molecule has 0 spiro atoms. The molecule has 1 aliphatic rings. The molecule has 1 N–H and O–H groups in total. The molecule has 1 fully saturated rings. The van der Waals surface area contributed by atoms with Gasteiger partial charge in [-0.3, -0.25) is 0 Å². The third kappa shape index (κ3) is 3.14. The number of hydrogen-bond donors (Lipinski definition) is 1. The van der Waals surface area contributed by atoms with Crippen molar-refractivity contribution >= 4 is 0 Å². The van der Waals surface area contributed by atoms with E-state index in [1.54, 1.807) is 0 Å². The van der Waals surface area contributed by atoms with E-state index in [-0.39, 0.29) is 0 Å². The van der Waals surface area contributed by atoms with Gasteiger partial charge in [-0.25, -0.2) is 0 Å². The summed E-state index contributed by atoms with van der Waals surface area (Å²) >= 11 is 0. The molecule has 0 radical (unpaired) electrons. The maximum atomic E-state index is 8.96. The van der Waals surface area contributed by atoms with E-state index in [2.05, 4.69) is 13.8 Å². The number of rotatable bonds is 4. The molecule has 1 heteroatoms. The fourth-order valence-electron chi connectivity index (χ4n) is 2.18. The van der Waals surface area contributed by atoms with E-state index < -0.39 is 0 Å². The number of aliphatic hydroxyl groups excluding tert-OH is 1. The van der Waals surface area contributed by atoms with Crippen molar-refractivity contribution in [1.29, 1.82) is 0 Å². The Labute approximate surface area is 76.2 Å². The van der Waals surface area contributed by atoms with Gasteiger partial charge in [-0.2, -0.15) is 0 Å². The first kappa shape index (κ1) is 10.0. The van der Waals surface area contributed by atoms with Crippen molar-refractivity contribution in [3.8, 4) is 0 Å². The third-order valence-corrected chi connectivity index (χ3v) is 3.06. The highest BCUT2D eigenvalue weighted by molar-refractivity contribution is 4.75. The van der Waals surface area contributed by atoms with E-state index in [4.69, 9.17) is 5.11 Å². The smallest absolute Gasteiger partial charge is 0.0459 e. The molecule has 0 aromatic rings. The van der Waals surface area contributed by atoms with E-state index in [0.717, 1.165) is 11.8 Å². The second-order valence-electron chi connectivity index (χ2n) is 4.70. The minimum Gasteiger partial charge on any atom is -0.396 e. The van der Waals surface area contributed by atoms with Crippen molar-refractivity contribution in [2.24, 2.45) is 17.8 Å². The van der Waals surface area contributed by atoms with Crippen LogP contribution >= 0.6 is 0 Å². The first-order valence-electron chi connectivity index (χ1n) is 5.33. The van der Waals surface area contributed by atoms with E-state index in [0.29, 0.717) is 12.5 Å². The standard InChI is InChI=1S/C11H22O/c1-9(2)3-4-10-5-6-11(7-10)8-12/h9-12H,3-8H2,1-2H3. The topological polar surface area (TPSA) is 20.2 Å². The minimum absolute atomic E-state index is 0.415. The lowest BCUT2D eigenvalue weighted by molar-refractivity contribution is 0.225. The molecule has 0 aromatic carbocycles. The van der Waals surface area contributed by atoms with Crippen molar-refractivity contribution in [2.45, 2.75) is 46.0 Å². The molecule has 1 rings (SSSR count). The summed E-state index contributed by atoms with van der Waals surface area (Å²) < 4.78 is 0. The van der Waals surface area contributed by atoms with Gasteiger partial charge in [0.05, 0.1) is 0 Å². The van der Waals surface area contributed by atoms with Crippen molar-refractivity contribution in [2.75, 3.05) is 6.61 Å². The van der Waals surface area contributed by atoms with Crippen LogP contribution in [0.4, 0.5) is 0 Å². The number of aliphatic hydroxyl groups is 1. The van der Waals surface area contributed by atoms with Gasteiger partial charge in [-0.05, 0) is 30.6 Å². The Morgan fingerprint density at radius 3 is 2.42 bits per heavy atom. The van der Waals surface area contributed by atoms with Crippen LogP contribution in [-0.4, -0.2) is 11.7 Å². The second-order valence-corrected chi connectivity index (χ2v) is 4.70. The van der Waals surface area contributed by atoms with E-state index in [9.17, 15) is 0 Å². The molecular weight excluding hydrogens is 148 g/mol. The van der Waals surface area contributed by atoms with Gasteiger partial charge in [0.1, 0.15) is 0 Å². The van der Waals surface area contributed by atoms with Gasteiger partial charge in [-0.15, -0.1) is 0 Å². The summed E-state index contributed by atoms with van der Waals surface area (Å²) in [6, 6.07) is 0. The molecule has 0 aliphatic heterocycles. The van der Waals surface area contributed by atoms with Crippen LogP contribution in [0.5, 0.6) is 0 Å². The van der Waals surface area contributed by atoms with Crippen LogP contribution in [0.2, 0.25) is 0 Å². The molecule has 12 heavy (non-hydrogen) atoms. The summed E-state index contributed by atoms with van der Waals surface area (Å²) in [6.45, 7) is 5.00. The second kappa shape index (κ2) is 4.86. The van der Waals surface area contributed by atoms with Crippen molar-refractivity contribution in [3.63, 3.8) is 0 Å². The van der Waals surface area contributed by atoms with Crippen molar-refractivity contribution in [3.05, 3.63) is 0 Å². The minimum atomic E-state index is 0.415. The van der Waals surface area contributed by atoms with Crippen LogP contribution in [0.15, 0.2) is 0 Å². The molecule has 0 bridgehead atoms. The first-order valence-corrected chi connectivity index (χ1v) is 5.33. The Bertz CT molecular complexity index is 120. The molecule has 0 saturated heterocycles. The van der Waals surface area contributed by atoms with Gasteiger partial charge in [-0.1, -0.05) is 33.1 Å². The third-order valence-electron chi connectivity index (χ3n) is 3.06. The Hall–Kier alpha value is -0.0400. The zero-order valence-electron chi connectivity index (χ0n) is 8.42. The Morgan fingerprint density at radius 2 is 1.92 bits per heavy atom. The summed E-state index contributed by atoms with van der Waals surface area (Å²) in [6.07, 6.45) is 6.65. The van der Waals surface area contributed by atoms with Gasteiger partial charge >= 0.3 is 0 Å². The molecule has 0 amide bonds. The van der Waals surface area contributed by atoms with Gasteiger partial charge < -0.3 is 5.11 Å². The lowest BCUT2D eigenvalue weighted by Crippen LogP contribution is -2.02. The van der Waals surface area contributed by atoms with Crippen LogP contribution in [-0.2, 0) is 0 Å². The molecule has 2 unspecified atom stereocenters. The summed E-state index contributed by atoms with van der Waals surface area (Å²) in [5.41, 5.74) is 0. The maximum absolute atomic E-state index is 8.96.